The second-order valence-corrected chi connectivity index (χ2v) is 5.65. The van der Waals surface area contributed by atoms with Crippen molar-refractivity contribution in [3.8, 4) is 11.5 Å². The Morgan fingerprint density at radius 1 is 1.35 bits per heavy atom. The minimum atomic E-state index is -0.230. The molecular formula is C17H17BrN2O3. The van der Waals surface area contributed by atoms with Gasteiger partial charge < -0.3 is 9.84 Å². The highest BCUT2D eigenvalue weighted by molar-refractivity contribution is 9.10. The number of carbonyl (C=O) groups excluding carboxylic acids is 1. The van der Waals surface area contributed by atoms with Crippen molar-refractivity contribution in [2.24, 2.45) is 5.10 Å². The summed E-state index contributed by atoms with van der Waals surface area (Å²) in [5.41, 5.74) is 3.79. The second-order valence-electron chi connectivity index (χ2n) is 4.73. The van der Waals surface area contributed by atoms with Crippen molar-refractivity contribution in [2.45, 2.75) is 13.3 Å². The fourth-order valence-electron chi connectivity index (χ4n) is 1.95. The van der Waals surface area contributed by atoms with Gasteiger partial charge in [-0.25, -0.2) is 5.43 Å². The van der Waals surface area contributed by atoms with Gasteiger partial charge in [-0.05, 0) is 24.6 Å². The van der Waals surface area contributed by atoms with Gasteiger partial charge in [-0.2, -0.15) is 5.10 Å². The van der Waals surface area contributed by atoms with Crippen LogP contribution >= 0.6 is 15.9 Å². The molecule has 0 heterocycles. The Morgan fingerprint density at radius 3 is 2.78 bits per heavy atom. The number of nitrogens with one attached hydrogen (secondary N) is 1. The fraction of sp³-hybridized carbons (Fsp3) is 0.176. The third-order valence-electron chi connectivity index (χ3n) is 2.97. The first-order valence-electron chi connectivity index (χ1n) is 7.11. The number of halogens is 1. The predicted molar refractivity (Wildman–Crippen MR) is 92.9 cm³/mol. The van der Waals surface area contributed by atoms with Gasteiger partial charge >= 0.3 is 0 Å². The molecule has 0 radical (unpaired) electrons. The Balaban J connectivity index is 2.01. The Hall–Kier alpha value is -2.34. The van der Waals surface area contributed by atoms with E-state index in [1.807, 2.05) is 37.3 Å². The van der Waals surface area contributed by atoms with Gasteiger partial charge in [0.05, 0.1) is 19.2 Å². The molecule has 2 N–H and O–H groups in total. The molecule has 2 aromatic carbocycles. The monoisotopic (exact) mass is 376 g/mol. The average Bonchev–Trinajstić information content (AvgIpc) is 2.53. The largest absolute Gasteiger partial charge is 0.504 e. The molecule has 2 aromatic rings. The van der Waals surface area contributed by atoms with Crippen LogP contribution in [0, 0.1) is 0 Å². The number of phenolic OH excluding ortho intramolecular Hbond substituents is 1. The Labute approximate surface area is 143 Å². The van der Waals surface area contributed by atoms with E-state index in [9.17, 15) is 9.90 Å². The summed E-state index contributed by atoms with van der Waals surface area (Å²) in [5.74, 6) is 0.113. The highest BCUT2D eigenvalue weighted by atomic mass is 79.9. The van der Waals surface area contributed by atoms with Crippen LogP contribution in [0.4, 0.5) is 0 Å². The van der Waals surface area contributed by atoms with Gasteiger partial charge in [-0.3, -0.25) is 4.79 Å². The number of nitrogens with zero attached hydrogens (tertiary/aromatic N) is 1. The van der Waals surface area contributed by atoms with Crippen molar-refractivity contribution in [2.75, 3.05) is 6.61 Å². The highest BCUT2D eigenvalue weighted by Gasteiger charge is 2.09. The molecule has 0 aliphatic heterocycles. The van der Waals surface area contributed by atoms with Crippen molar-refractivity contribution < 1.29 is 14.6 Å². The maximum Gasteiger partial charge on any atom is 0.244 e. The molecule has 120 valence electrons. The van der Waals surface area contributed by atoms with Gasteiger partial charge in [0.1, 0.15) is 0 Å². The molecule has 0 aromatic heterocycles. The summed E-state index contributed by atoms with van der Waals surface area (Å²) < 4.78 is 6.08. The molecule has 0 bridgehead atoms. The number of hydrogen-bond donors (Lipinski definition) is 2. The number of hydrazone groups is 1. The minimum Gasteiger partial charge on any atom is -0.504 e. The zero-order valence-electron chi connectivity index (χ0n) is 12.6. The number of hydrogen-bond acceptors (Lipinski definition) is 4. The van der Waals surface area contributed by atoms with Crippen molar-refractivity contribution in [1.29, 1.82) is 0 Å². The third kappa shape index (κ3) is 5.10. The number of phenols is 1. The average molecular weight is 377 g/mol. The number of ether oxygens (including phenoxy) is 1. The van der Waals surface area contributed by atoms with Crippen LogP contribution in [0.5, 0.6) is 11.5 Å². The van der Waals surface area contributed by atoms with E-state index in [0.717, 1.165) is 10.0 Å². The number of rotatable bonds is 6. The van der Waals surface area contributed by atoms with E-state index in [1.54, 1.807) is 12.1 Å². The standard InChI is InChI=1S/C17H17BrN2O3/c1-2-23-15-10-14(18)9-13(17(15)22)11-19-20-16(21)8-12-6-4-3-5-7-12/h3-7,9-11,22H,2,8H2,1H3,(H,20,21). The van der Waals surface area contributed by atoms with E-state index in [0.29, 0.717) is 17.9 Å². The lowest BCUT2D eigenvalue weighted by atomic mass is 10.1. The van der Waals surface area contributed by atoms with E-state index in [-0.39, 0.29) is 18.1 Å². The molecule has 0 aliphatic carbocycles. The summed E-state index contributed by atoms with van der Waals surface area (Å²) in [6, 6.07) is 12.7. The summed E-state index contributed by atoms with van der Waals surface area (Å²) in [5, 5.41) is 14.0. The molecule has 23 heavy (non-hydrogen) atoms. The Morgan fingerprint density at radius 2 is 2.09 bits per heavy atom. The lowest BCUT2D eigenvalue weighted by molar-refractivity contribution is -0.120. The van der Waals surface area contributed by atoms with Crippen LogP contribution in [0.2, 0.25) is 0 Å². The molecule has 6 heteroatoms. The van der Waals surface area contributed by atoms with Gasteiger partial charge in [0.15, 0.2) is 11.5 Å². The maximum absolute atomic E-state index is 11.8. The van der Waals surface area contributed by atoms with Crippen LogP contribution in [0.25, 0.3) is 0 Å². The van der Waals surface area contributed by atoms with Crippen LogP contribution in [0.1, 0.15) is 18.1 Å². The summed E-state index contributed by atoms with van der Waals surface area (Å²) in [6.07, 6.45) is 1.62. The van der Waals surface area contributed by atoms with E-state index in [2.05, 4.69) is 26.5 Å². The number of aromatic hydroxyl groups is 1. The number of carbonyl (C=O) groups is 1. The van der Waals surface area contributed by atoms with E-state index >= 15 is 0 Å². The van der Waals surface area contributed by atoms with Crippen molar-refractivity contribution >= 4 is 28.1 Å². The molecule has 0 atom stereocenters. The molecule has 0 fully saturated rings. The zero-order chi connectivity index (χ0) is 16.7. The first kappa shape index (κ1) is 17.0. The number of benzene rings is 2. The molecule has 0 unspecified atom stereocenters. The SMILES string of the molecule is CCOc1cc(Br)cc(C=NNC(=O)Cc2ccccc2)c1O. The Bertz CT molecular complexity index is 702. The quantitative estimate of drug-likeness (QED) is 0.600. The van der Waals surface area contributed by atoms with E-state index < -0.39 is 0 Å². The fourth-order valence-corrected chi connectivity index (χ4v) is 2.41. The van der Waals surface area contributed by atoms with Crippen LogP contribution in [-0.2, 0) is 11.2 Å². The molecule has 0 aliphatic rings. The minimum absolute atomic E-state index is 0.0175. The number of amides is 1. The molecule has 5 nitrogen and oxygen atoms in total. The molecular weight excluding hydrogens is 360 g/mol. The second kappa shape index (κ2) is 8.33. The van der Waals surface area contributed by atoms with Gasteiger partial charge in [0, 0.05) is 10.0 Å². The first-order valence-corrected chi connectivity index (χ1v) is 7.90. The summed E-state index contributed by atoms with van der Waals surface area (Å²) in [7, 11) is 0. The van der Waals surface area contributed by atoms with Crippen molar-refractivity contribution in [3.05, 3.63) is 58.1 Å². The summed E-state index contributed by atoms with van der Waals surface area (Å²) in [4.78, 5) is 11.8. The van der Waals surface area contributed by atoms with Crippen LogP contribution in [-0.4, -0.2) is 23.8 Å². The van der Waals surface area contributed by atoms with Gasteiger partial charge in [-0.15, -0.1) is 0 Å². The molecule has 0 spiro atoms. The Kier molecular flexibility index (Phi) is 6.17. The zero-order valence-corrected chi connectivity index (χ0v) is 14.2. The van der Waals surface area contributed by atoms with Crippen LogP contribution in [0.15, 0.2) is 52.0 Å². The van der Waals surface area contributed by atoms with Gasteiger partial charge in [0.2, 0.25) is 5.91 Å². The highest BCUT2D eigenvalue weighted by Crippen LogP contribution is 2.32. The lowest BCUT2D eigenvalue weighted by Crippen LogP contribution is -2.19. The third-order valence-corrected chi connectivity index (χ3v) is 3.43. The first-order chi connectivity index (χ1) is 11.1. The molecule has 2 rings (SSSR count). The molecule has 0 saturated carbocycles. The predicted octanol–water partition coefficient (Wildman–Crippen LogP) is 3.25. The topological polar surface area (TPSA) is 70.9 Å². The van der Waals surface area contributed by atoms with Gasteiger partial charge in [0.25, 0.3) is 0 Å². The summed E-state index contributed by atoms with van der Waals surface area (Å²) >= 11 is 3.34. The normalized spacial score (nSPS) is 10.7. The van der Waals surface area contributed by atoms with Gasteiger partial charge in [-0.1, -0.05) is 46.3 Å². The van der Waals surface area contributed by atoms with Crippen LogP contribution in [0.3, 0.4) is 0 Å². The smallest absolute Gasteiger partial charge is 0.244 e. The molecule has 1 amide bonds. The van der Waals surface area contributed by atoms with Crippen LogP contribution < -0.4 is 10.2 Å². The van der Waals surface area contributed by atoms with E-state index in [4.69, 9.17) is 4.74 Å². The van der Waals surface area contributed by atoms with E-state index in [1.165, 1.54) is 6.21 Å². The van der Waals surface area contributed by atoms with Crippen molar-refractivity contribution in [3.63, 3.8) is 0 Å². The maximum atomic E-state index is 11.8. The van der Waals surface area contributed by atoms with Crippen molar-refractivity contribution in [1.82, 2.24) is 5.43 Å². The molecule has 0 saturated heterocycles. The summed E-state index contributed by atoms with van der Waals surface area (Å²) in [6.45, 7) is 2.27. The lowest BCUT2D eigenvalue weighted by Gasteiger charge is -2.08.